The van der Waals surface area contributed by atoms with Crippen LogP contribution < -0.4 is 5.32 Å². The first kappa shape index (κ1) is 23.2. The third-order valence-corrected chi connectivity index (χ3v) is 5.36. The number of carbonyl (C=O) groups excluding carboxylic acids is 1. The lowest BCUT2D eigenvalue weighted by Gasteiger charge is -2.44. The Morgan fingerprint density at radius 1 is 1.21 bits per heavy atom. The van der Waals surface area contributed by atoms with Gasteiger partial charge in [-0.15, -0.1) is 0 Å². The molecule has 1 aliphatic rings. The third-order valence-electron chi connectivity index (χ3n) is 4.84. The van der Waals surface area contributed by atoms with Crippen LogP contribution in [0.4, 0.5) is 0 Å². The van der Waals surface area contributed by atoms with E-state index < -0.39 is 22.1 Å². The average Bonchev–Trinajstić information content (AvgIpc) is 2.63. The quantitative estimate of drug-likeness (QED) is 0.388. The van der Waals surface area contributed by atoms with E-state index in [1.165, 1.54) is 6.92 Å². The Hall–Kier alpha value is -1.05. The lowest BCUT2D eigenvalue weighted by molar-refractivity contribution is -0.257. The number of nitrogens with one attached hydrogen (secondary N) is 2. The van der Waals surface area contributed by atoms with Gasteiger partial charge < -0.3 is 19.5 Å². The average molecular weight is 452 g/mol. The number of amides is 1. The van der Waals surface area contributed by atoms with E-state index in [0.717, 1.165) is 5.56 Å². The van der Waals surface area contributed by atoms with Gasteiger partial charge in [0.2, 0.25) is 18.1 Å². The van der Waals surface area contributed by atoms with Crippen molar-refractivity contribution in [3.05, 3.63) is 35.9 Å². The van der Waals surface area contributed by atoms with Crippen LogP contribution >= 0.6 is 34.8 Å². The summed E-state index contributed by atoms with van der Waals surface area (Å²) in [6.45, 7) is 6.14. The monoisotopic (exact) mass is 450 g/mol. The van der Waals surface area contributed by atoms with E-state index >= 15 is 0 Å². The van der Waals surface area contributed by atoms with E-state index in [1.54, 1.807) is 0 Å². The summed E-state index contributed by atoms with van der Waals surface area (Å²) in [5.41, 5.74) is 0.998. The number of rotatable bonds is 6. The fourth-order valence-electron chi connectivity index (χ4n) is 3.01. The molecule has 1 amide bonds. The Bertz CT molecular complexity index is 669. The first-order valence-electron chi connectivity index (χ1n) is 8.97. The minimum Gasteiger partial charge on any atom is -0.445 e. The Morgan fingerprint density at radius 3 is 2.43 bits per heavy atom. The van der Waals surface area contributed by atoms with Crippen molar-refractivity contribution < 1.29 is 19.0 Å². The van der Waals surface area contributed by atoms with Gasteiger partial charge >= 0.3 is 0 Å². The second-order valence-electron chi connectivity index (χ2n) is 6.90. The molecular weight excluding hydrogens is 427 g/mol. The molecule has 28 heavy (non-hydrogen) atoms. The Labute approximate surface area is 180 Å². The number of ether oxygens (including phenoxy) is 3. The van der Waals surface area contributed by atoms with Crippen molar-refractivity contribution in [2.24, 2.45) is 11.8 Å². The summed E-state index contributed by atoms with van der Waals surface area (Å²) in [7, 11) is 0. The Morgan fingerprint density at radius 2 is 1.86 bits per heavy atom. The smallest absolute Gasteiger partial charge is 0.265 e. The lowest BCUT2D eigenvalue weighted by atomic mass is 9.83. The number of carbonyl (C=O) groups is 1. The van der Waals surface area contributed by atoms with Gasteiger partial charge in [0, 0.05) is 13.5 Å². The van der Waals surface area contributed by atoms with E-state index in [1.807, 2.05) is 44.2 Å². The van der Waals surface area contributed by atoms with Crippen LogP contribution in [-0.2, 0) is 25.6 Å². The Kier molecular flexibility index (Phi) is 8.40. The summed E-state index contributed by atoms with van der Waals surface area (Å²) >= 11 is 17.3. The first-order chi connectivity index (χ1) is 13.1. The van der Waals surface area contributed by atoms with E-state index in [-0.39, 0.29) is 23.8 Å². The van der Waals surface area contributed by atoms with Gasteiger partial charge in [0.15, 0.2) is 0 Å². The number of hydrogen-bond acceptors (Lipinski definition) is 5. The van der Waals surface area contributed by atoms with E-state index in [2.05, 4.69) is 5.32 Å². The van der Waals surface area contributed by atoms with Gasteiger partial charge in [-0.25, -0.2) is 0 Å². The third kappa shape index (κ3) is 6.49. The van der Waals surface area contributed by atoms with Crippen LogP contribution in [0.25, 0.3) is 0 Å². The lowest BCUT2D eigenvalue weighted by Crippen LogP contribution is -2.55. The highest BCUT2D eigenvalue weighted by molar-refractivity contribution is 6.76. The van der Waals surface area contributed by atoms with Gasteiger partial charge in [-0.1, -0.05) is 79.0 Å². The fourth-order valence-corrected chi connectivity index (χ4v) is 3.15. The molecule has 6 nitrogen and oxygen atoms in total. The SMILES string of the molecule is CC(=O)NCC1OC(OC(=N)C(Cl)(Cl)Cl)C(OCc2ccccc2)C(C)C1C. The van der Waals surface area contributed by atoms with E-state index in [4.69, 9.17) is 54.4 Å². The molecule has 2 rings (SSSR count). The van der Waals surface area contributed by atoms with Gasteiger partial charge in [0.1, 0.15) is 6.10 Å². The van der Waals surface area contributed by atoms with Crippen molar-refractivity contribution in [2.75, 3.05) is 6.54 Å². The van der Waals surface area contributed by atoms with Crippen molar-refractivity contribution in [2.45, 2.75) is 49.7 Å². The molecule has 1 aromatic rings. The minimum atomic E-state index is -2.01. The predicted molar refractivity (Wildman–Crippen MR) is 110 cm³/mol. The minimum absolute atomic E-state index is 0.00407. The van der Waals surface area contributed by atoms with Gasteiger partial charge in [0.05, 0.1) is 12.7 Å². The zero-order valence-corrected chi connectivity index (χ0v) is 18.2. The maximum absolute atomic E-state index is 11.3. The van der Waals surface area contributed by atoms with Crippen LogP contribution in [0.5, 0.6) is 0 Å². The standard InChI is InChI=1S/C19H25Cl3N2O4/c1-11-12(2)16(26-10-14-7-5-4-6-8-14)17(28-18(23)19(20,21)22)27-15(11)9-24-13(3)25/h4-8,11-12,15-17,23H,9-10H2,1-3H3,(H,24,25). The molecule has 5 unspecified atom stereocenters. The van der Waals surface area contributed by atoms with E-state index in [9.17, 15) is 4.79 Å². The summed E-state index contributed by atoms with van der Waals surface area (Å²) in [5, 5.41) is 10.6. The molecule has 156 valence electrons. The molecule has 1 fully saturated rings. The van der Waals surface area contributed by atoms with Crippen molar-refractivity contribution in [3.8, 4) is 0 Å². The second kappa shape index (κ2) is 10.1. The van der Waals surface area contributed by atoms with Crippen LogP contribution in [0.3, 0.4) is 0 Å². The second-order valence-corrected chi connectivity index (χ2v) is 9.19. The molecule has 0 bridgehead atoms. The number of benzene rings is 1. The van der Waals surface area contributed by atoms with Crippen LogP contribution in [0.2, 0.25) is 0 Å². The molecule has 1 aromatic carbocycles. The molecule has 0 spiro atoms. The van der Waals surface area contributed by atoms with Crippen LogP contribution in [-0.4, -0.2) is 40.6 Å². The maximum Gasteiger partial charge on any atom is 0.265 e. The molecule has 0 radical (unpaired) electrons. The summed E-state index contributed by atoms with van der Waals surface area (Å²) in [6, 6.07) is 9.70. The molecule has 9 heteroatoms. The predicted octanol–water partition coefficient (Wildman–Crippen LogP) is 4.07. The molecular formula is C19H25Cl3N2O4. The number of halogens is 3. The molecule has 0 aromatic heterocycles. The highest BCUT2D eigenvalue weighted by Gasteiger charge is 2.45. The molecule has 1 saturated heterocycles. The van der Waals surface area contributed by atoms with Gasteiger partial charge in [-0.2, -0.15) is 0 Å². The molecule has 1 aliphatic heterocycles. The van der Waals surface area contributed by atoms with Crippen molar-refractivity contribution >= 4 is 46.6 Å². The molecule has 0 saturated carbocycles. The summed E-state index contributed by atoms with van der Waals surface area (Å²) < 4.78 is 15.6. The zero-order valence-electron chi connectivity index (χ0n) is 16.0. The Balaban J connectivity index is 2.15. The zero-order chi connectivity index (χ0) is 20.9. The van der Waals surface area contributed by atoms with Gasteiger partial charge in [-0.3, -0.25) is 10.2 Å². The summed E-state index contributed by atoms with van der Waals surface area (Å²) in [4.78, 5) is 11.3. The summed E-state index contributed by atoms with van der Waals surface area (Å²) in [6.07, 6.45) is -1.77. The normalized spacial score (nSPS) is 27.9. The molecule has 2 N–H and O–H groups in total. The summed E-state index contributed by atoms with van der Waals surface area (Å²) in [5.74, 6) is -0.632. The van der Waals surface area contributed by atoms with Crippen LogP contribution in [0.1, 0.15) is 26.3 Å². The fraction of sp³-hybridized carbons (Fsp3) is 0.579. The van der Waals surface area contributed by atoms with Crippen LogP contribution in [0, 0.1) is 17.2 Å². The van der Waals surface area contributed by atoms with Gasteiger partial charge in [-0.05, 0) is 17.4 Å². The van der Waals surface area contributed by atoms with Gasteiger partial charge in [0.25, 0.3) is 3.79 Å². The molecule has 1 heterocycles. The van der Waals surface area contributed by atoms with Crippen molar-refractivity contribution in [1.82, 2.24) is 5.32 Å². The number of alkyl halides is 3. The van der Waals surface area contributed by atoms with E-state index in [0.29, 0.717) is 13.2 Å². The van der Waals surface area contributed by atoms with Crippen molar-refractivity contribution in [1.29, 1.82) is 5.41 Å². The van der Waals surface area contributed by atoms with Crippen molar-refractivity contribution in [3.63, 3.8) is 0 Å². The largest absolute Gasteiger partial charge is 0.445 e. The van der Waals surface area contributed by atoms with Crippen LogP contribution in [0.15, 0.2) is 30.3 Å². The maximum atomic E-state index is 11.3. The topological polar surface area (TPSA) is 80.6 Å². The molecule has 0 aliphatic carbocycles. The highest BCUT2D eigenvalue weighted by Crippen LogP contribution is 2.36. The first-order valence-corrected chi connectivity index (χ1v) is 10.1. The highest BCUT2D eigenvalue weighted by atomic mass is 35.6. The number of hydrogen-bond donors (Lipinski definition) is 2. The molecule has 5 atom stereocenters.